The van der Waals surface area contributed by atoms with Gasteiger partial charge in [0.2, 0.25) is 23.6 Å². The van der Waals surface area contributed by atoms with Crippen molar-refractivity contribution in [1.29, 1.82) is 5.41 Å². The molecule has 8 rings (SSSR count). The van der Waals surface area contributed by atoms with E-state index in [1.807, 2.05) is 121 Å². The van der Waals surface area contributed by atoms with Gasteiger partial charge in [0.25, 0.3) is 29.5 Å². The van der Waals surface area contributed by atoms with Crippen molar-refractivity contribution in [1.82, 2.24) is 57.2 Å². The van der Waals surface area contributed by atoms with E-state index in [1.54, 1.807) is 42.7 Å². The number of hydrogen-bond donors (Lipinski definition) is 19. The minimum Gasteiger partial charge on any atom is -0.508 e. The number of hydrogen-bond acceptors (Lipinski definition) is 29. The van der Waals surface area contributed by atoms with Crippen LogP contribution in [0, 0.1) is 5.41 Å². The van der Waals surface area contributed by atoms with E-state index in [2.05, 4.69) is 83.8 Å². The second-order valence-electron chi connectivity index (χ2n) is 26.4. The van der Waals surface area contributed by atoms with Gasteiger partial charge in [-0.2, -0.15) is 0 Å². The number of carbonyl (C=O) groups excluding carboxylic acids is 11. The summed E-state index contributed by atoms with van der Waals surface area (Å²) in [5.74, 6) is -3.23. The quantitative estimate of drug-likeness (QED) is 0.00723. The van der Waals surface area contributed by atoms with Crippen molar-refractivity contribution in [2.24, 2.45) is 39.4 Å². The highest BCUT2D eigenvalue weighted by molar-refractivity contribution is 14.0. The first kappa shape index (κ1) is 111. The average molecular weight is 2010 g/mol. The fourth-order valence-corrected chi connectivity index (χ4v) is 10.1. The third-order valence-electron chi connectivity index (χ3n) is 16.1. The highest BCUT2D eigenvalue weighted by atomic mass is 127. The van der Waals surface area contributed by atoms with Gasteiger partial charge in [-0.15, -0.1) is 24.0 Å². The van der Waals surface area contributed by atoms with Crippen LogP contribution in [-0.2, 0) is 81.9 Å². The van der Waals surface area contributed by atoms with Gasteiger partial charge in [0.1, 0.15) is 36.2 Å². The summed E-state index contributed by atoms with van der Waals surface area (Å²) in [6, 6.07) is 48.6. The number of nitrogens with zero attached hydrogens (tertiary/aromatic N) is 5. The molecule has 0 radical (unpaired) electrons. The Hall–Kier alpha value is -13.1. The molecule has 2 aromatic heterocycles. The number of halogens is 4. The lowest BCUT2D eigenvalue weighted by Gasteiger charge is -2.08. The molecule has 0 unspecified atom stereocenters. The zero-order chi connectivity index (χ0) is 93.7. The maximum absolute atomic E-state index is 12.2. The molecule has 40 nitrogen and oxygen atoms in total. The fourth-order valence-electron chi connectivity index (χ4n) is 9.67. The van der Waals surface area contributed by atoms with Crippen LogP contribution in [0.3, 0.4) is 0 Å². The Bertz CT molecular complexity index is 4810. The number of carbonyl (C=O) groups is 11. The van der Waals surface area contributed by atoms with E-state index in [-0.39, 0.29) is 155 Å². The molecule has 0 aliphatic heterocycles. The number of aromatic nitrogens is 4. The summed E-state index contributed by atoms with van der Waals surface area (Å²) in [7, 11) is 0. The average Bonchev–Trinajstić information content (AvgIpc) is 0.841. The predicted octanol–water partition coefficient (Wildman–Crippen LogP) is 5.65. The number of amides is 11. The number of alkyl halides is 1. The summed E-state index contributed by atoms with van der Waals surface area (Å²) >= 11 is 15.3. The van der Waals surface area contributed by atoms with Crippen LogP contribution < -0.4 is 109 Å². The number of aliphatic imine (C=N–C) groups is 1. The molecule has 0 aliphatic rings. The van der Waals surface area contributed by atoms with E-state index in [0.29, 0.717) is 50.0 Å². The van der Waals surface area contributed by atoms with Crippen LogP contribution in [0.1, 0.15) is 106 Å². The molecule has 6 aromatic carbocycles. The van der Waals surface area contributed by atoms with Crippen molar-refractivity contribution >= 4 is 175 Å². The van der Waals surface area contributed by atoms with Crippen LogP contribution >= 0.6 is 74.9 Å². The molecular weight excluding hydrogens is 1900 g/mol. The van der Waals surface area contributed by atoms with Crippen LogP contribution in [0.4, 0.5) is 32.9 Å². The summed E-state index contributed by atoms with van der Waals surface area (Å²) < 4.78 is 26.3. The number of ether oxygens (including phenoxy) is 5. The molecule has 0 spiro atoms. The van der Waals surface area contributed by atoms with E-state index in [4.69, 9.17) is 104 Å². The molecule has 0 saturated carbocycles. The highest BCUT2D eigenvalue weighted by Gasteiger charge is 2.19. The first-order valence-corrected chi connectivity index (χ1v) is 42.1. The second-order valence-corrected chi connectivity index (χ2v) is 28.5. The van der Waals surface area contributed by atoms with Gasteiger partial charge in [-0.05, 0) is 172 Å². The van der Waals surface area contributed by atoms with E-state index in [9.17, 15) is 57.8 Å². The maximum Gasteiger partial charge on any atom is 0.407 e. The minimum atomic E-state index is -0.694. The molecule has 8 aromatic rings. The SMILES string of the molecule is CSC(=N)NC(=O)c1nc(Cl)c(N)nc1N.I.NC(=O)CBr.NC(=O)CNC(=O)COc1ccc(CCCCN=C(N)NC(=O)c2nc(Cl)c(N)nc2N)cc1.NC(=O)CNC(=O)COc1ccc(CCCCNC(=O)OCc2ccccc2)cc1.NCCCCc1ccc(OCC(=O)NCC(N)=O)cc1.O=C(NCCCCc1ccc(O)cc1)OCc1ccccc1. The van der Waals surface area contributed by atoms with Crippen molar-refractivity contribution in [3.63, 3.8) is 0 Å². The molecular formula is C83H109BrCl2IN23O17S. The number of thioether (sulfide) groups is 1. The number of nitrogens with one attached hydrogen (secondary N) is 8. The van der Waals surface area contributed by atoms with E-state index in [1.165, 1.54) is 11.1 Å². The van der Waals surface area contributed by atoms with Crippen molar-refractivity contribution < 1.29 is 81.5 Å². The van der Waals surface area contributed by atoms with Gasteiger partial charge in [0.05, 0.1) is 25.0 Å². The topological polar surface area (TPSA) is 686 Å². The highest BCUT2D eigenvalue weighted by Crippen LogP contribution is 2.21. The Labute approximate surface area is 779 Å². The summed E-state index contributed by atoms with van der Waals surface area (Å²) in [6.45, 7) is 1.66. The number of guanidine groups is 1. The molecule has 0 bridgehead atoms. The van der Waals surface area contributed by atoms with Crippen LogP contribution in [0.5, 0.6) is 23.0 Å². The molecule has 692 valence electrons. The fraction of sp³-hybridized carbons (Fsp3) is 0.313. The molecule has 0 saturated heterocycles. The summed E-state index contributed by atoms with van der Waals surface area (Å²) in [6.07, 6.45) is 11.6. The molecule has 0 fully saturated rings. The number of unbranched alkanes of at least 4 members (excludes halogenated alkanes) is 4. The van der Waals surface area contributed by atoms with Gasteiger partial charge in [0.15, 0.2) is 75.9 Å². The standard InChI is InChI=1S/C22H27N3O5.C20H26ClN9O4.C18H21NO3.C14H21N3O3.C7H9ClN6OS.C2H4BrNO.HI/c23-20(26)14-25-21(27)16-29-19-11-9-17(10-12-19)6-4-5-13-24-22(28)30-15-18-7-2-1-3-8-18;21-16-18(24)29-17(23)15(28-16)19(33)30-20(25)26-8-2-1-3-11-4-6-12(7-5-11)34-10-14(32)27-9-13(22)31;20-17-11-9-15(10-12-17)6-4-5-13-19-18(21)22-14-16-7-2-1-3-8-16;15-8-2-1-3-11-4-6-12(7-5-11)20-10-14(19)17-9-13(16)18;1-16-7(11)14-6(15)2-4(9)13-5(10)3(8)12-2;3-1-2(4)5;/h1-3,7-12H,4-6,13-16H2,(H2,23,26)(H,24,28)(H,25,27);4-7H,1-3,8-10H2,(H2,22,31)(H,27,32)(H4,23,24,29)(H3,25,26,30,33);1-3,7-12,20H,4-6,13-14H2,(H,19,21);4-7H,1-3,8-10,15H2,(H2,16,18)(H,17,19);1H3,(H4,9,10,13)(H2,11,14,15);1H2,(H2,4,5);1H. The van der Waals surface area contributed by atoms with Gasteiger partial charge < -0.3 is 118 Å². The number of nitrogen functional groups attached to an aromatic ring is 4. The molecule has 0 aliphatic carbocycles. The van der Waals surface area contributed by atoms with E-state index in [0.717, 1.165) is 111 Å². The van der Waals surface area contributed by atoms with Crippen LogP contribution in [0.15, 0.2) is 163 Å². The Morgan fingerprint density at radius 3 is 1.09 bits per heavy atom. The normalized spacial score (nSPS) is 10.1. The third-order valence-corrected chi connectivity index (χ3v) is 17.7. The largest absolute Gasteiger partial charge is 0.508 e. The van der Waals surface area contributed by atoms with Crippen molar-refractivity contribution in [2.45, 2.75) is 90.3 Å². The van der Waals surface area contributed by atoms with Gasteiger partial charge in [0, 0.05) is 19.6 Å². The zero-order valence-electron chi connectivity index (χ0n) is 70.1. The number of phenolic OH excluding ortho intramolecular Hbond substituents is 1. The lowest BCUT2D eigenvalue weighted by molar-refractivity contribution is -0.126. The number of alkyl carbamates (subject to hydrolysis) is 2. The van der Waals surface area contributed by atoms with Gasteiger partial charge in [-0.3, -0.25) is 58.9 Å². The van der Waals surface area contributed by atoms with Gasteiger partial charge >= 0.3 is 12.2 Å². The molecule has 29 N–H and O–H groups in total. The number of aryl methyl sites for hydroxylation is 4. The first-order chi connectivity index (χ1) is 60.7. The number of anilines is 4. The zero-order valence-corrected chi connectivity index (χ0v) is 76.4. The number of benzene rings is 6. The number of nitrogens with two attached hydrogens (primary N) is 10. The monoisotopic (exact) mass is 2010 g/mol. The smallest absolute Gasteiger partial charge is 0.407 e. The van der Waals surface area contributed by atoms with Crippen LogP contribution in [-0.4, -0.2) is 179 Å². The molecule has 0 atom stereocenters. The molecule has 45 heteroatoms. The molecule has 128 heavy (non-hydrogen) atoms. The summed E-state index contributed by atoms with van der Waals surface area (Å²) in [5.41, 5.74) is 58.7. The minimum absolute atomic E-state index is 0. The molecule has 11 amide bonds. The Morgan fingerprint density at radius 1 is 0.438 bits per heavy atom. The number of aromatic hydroxyl groups is 1. The Kier molecular flexibility index (Phi) is 56.8. The first-order valence-electron chi connectivity index (χ1n) is 39.0. The second kappa shape index (κ2) is 65.5. The van der Waals surface area contributed by atoms with Crippen molar-refractivity contribution in [2.75, 3.05) is 100 Å². The maximum atomic E-state index is 12.2. The lowest BCUT2D eigenvalue weighted by Crippen LogP contribution is -2.38. The number of amidine groups is 1. The molecule has 2 heterocycles. The van der Waals surface area contributed by atoms with Crippen LogP contribution in [0.2, 0.25) is 10.3 Å². The summed E-state index contributed by atoms with van der Waals surface area (Å²) in [4.78, 5) is 141. The number of rotatable bonds is 41. The van der Waals surface area contributed by atoms with E-state index < -0.39 is 47.4 Å². The lowest BCUT2D eigenvalue weighted by atomic mass is 10.1. The van der Waals surface area contributed by atoms with Gasteiger partial charge in [-0.25, -0.2) is 29.5 Å². The number of phenols is 1. The number of primary amides is 4. The van der Waals surface area contributed by atoms with Crippen LogP contribution in [0.25, 0.3) is 0 Å². The predicted molar refractivity (Wildman–Crippen MR) is 503 cm³/mol. The van der Waals surface area contributed by atoms with Gasteiger partial charge in [-0.1, -0.05) is 160 Å². The van der Waals surface area contributed by atoms with E-state index >= 15 is 0 Å². The van der Waals surface area contributed by atoms with Crippen molar-refractivity contribution in [3.8, 4) is 23.0 Å². The third kappa shape index (κ3) is 52.6. The Balaban J connectivity index is 0.000000544. The summed E-state index contributed by atoms with van der Waals surface area (Å²) in [5, 5.41) is 33.6. The van der Waals surface area contributed by atoms with Crippen molar-refractivity contribution in [3.05, 3.63) is 213 Å². The Morgan fingerprint density at radius 2 is 0.766 bits per heavy atom.